The van der Waals surface area contributed by atoms with E-state index in [0.29, 0.717) is 35.2 Å². The molecule has 9 heteroatoms. The largest absolute Gasteiger partial charge is 0.296 e. The first-order valence-electron chi connectivity index (χ1n) is 8.17. The van der Waals surface area contributed by atoms with Crippen molar-refractivity contribution in [2.24, 2.45) is 0 Å². The zero-order valence-corrected chi connectivity index (χ0v) is 17.4. The van der Waals surface area contributed by atoms with Crippen LogP contribution in [0.4, 0.5) is 4.39 Å². The molecule has 0 unspecified atom stereocenters. The van der Waals surface area contributed by atoms with E-state index in [4.69, 9.17) is 16.9 Å². The summed E-state index contributed by atoms with van der Waals surface area (Å²) in [4.78, 5) is 2.04. The topological polar surface area (TPSA) is 64.4 Å². The van der Waals surface area contributed by atoms with Crippen molar-refractivity contribution in [2.75, 3.05) is 26.2 Å². The van der Waals surface area contributed by atoms with Gasteiger partial charge in [-0.15, -0.1) is 0 Å². The van der Waals surface area contributed by atoms with Crippen LogP contribution in [-0.2, 0) is 16.6 Å². The molecule has 2 aromatic carbocycles. The number of piperazine rings is 1. The van der Waals surface area contributed by atoms with Gasteiger partial charge in [0.15, 0.2) is 0 Å². The SMILES string of the molecule is N#Cc1ccc(F)c(CN2CCN(S(=O)(=O)c3ccc(Br)cc3Cl)CC2)c1. The van der Waals surface area contributed by atoms with Gasteiger partial charge in [0.05, 0.1) is 16.7 Å². The zero-order valence-electron chi connectivity index (χ0n) is 14.2. The fourth-order valence-corrected chi connectivity index (χ4v) is 5.39. The maximum atomic E-state index is 14.0. The lowest BCUT2D eigenvalue weighted by molar-refractivity contribution is 0.180. The van der Waals surface area contributed by atoms with Gasteiger partial charge in [0.25, 0.3) is 0 Å². The second kappa shape index (κ2) is 8.25. The van der Waals surface area contributed by atoms with Gasteiger partial charge in [0, 0.05) is 42.8 Å². The molecule has 0 amide bonds. The van der Waals surface area contributed by atoms with Crippen molar-refractivity contribution in [3.63, 3.8) is 0 Å². The Morgan fingerprint density at radius 2 is 1.85 bits per heavy atom. The number of hydrogen-bond donors (Lipinski definition) is 0. The van der Waals surface area contributed by atoms with Crippen LogP contribution in [0.2, 0.25) is 5.02 Å². The van der Waals surface area contributed by atoms with E-state index in [1.54, 1.807) is 12.1 Å². The van der Waals surface area contributed by atoms with E-state index in [9.17, 15) is 12.8 Å². The molecule has 1 aliphatic heterocycles. The highest BCUT2D eigenvalue weighted by Crippen LogP contribution is 2.28. The van der Waals surface area contributed by atoms with Crippen LogP contribution in [0, 0.1) is 17.1 Å². The maximum absolute atomic E-state index is 14.0. The quantitative estimate of drug-likeness (QED) is 0.682. The molecule has 1 saturated heterocycles. The summed E-state index contributed by atoms with van der Waals surface area (Å²) in [5, 5.41) is 9.13. The van der Waals surface area contributed by atoms with E-state index < -0.39 is 10.0 Å². The Kier molecular flexibility index (Phi) is 6.18. The van der Waals surface area contributed by atoms with Gasteiger partial charge in [0.1, 0.15) is 10.7 Å². The molecular formula is C18H16BrClFN3O2S. The monoisotopic (exact) mass is 471 g/mol. The van der Waals surface area contributed by atoms with Crippen molar-refractivity contribution >= 4 is 37.6 Å². The maximum Gasteiger partial charge on any atom is 0.244 e. The van der Waals surface area contributed by atoms with Crippen molar-refractivity contribution in [3.8, 4) is 6.07 Å². The lowest BCUT2D eigenvalue weighted by Crippen LogP contribution is -2.48. The van der Waals surface area contributed by atoms with Crippen molar-refractivity contribution in [1.29, 1.82) is 5.26 Å². The van der Waals surface area contributed by atoms with Crippen molar-refractivity contribution in [3.05, 3.63) is 62.8 Å². The Balaban J connectivity index is 1.69. The lowest BCUT2D eigenvalue weighted by atomic mass is 10.1. The molecule has 27 heavy (non-hydrogen) atoms. The summed E-state index contributed by atoms with van der Waals surface area (Å²) in [6.45, 7) is 1.82. The minimum Gasteiger partial charge on any atom is -0.296 e. The highest BCUT2D eigenvalue weighted by atomic mass is 79.9. The second-order valence-corrected chi connectivity index (χ2v) is 9.40. The molecule has 0 atom stereocenters. The van der Waals surface area contributed by atoms with Crippen molar-refractivity contribution < 1.29 is 12.8 Å². The van der Waals surface area contributed by atoms with Gasteiger partial charge in [-0.05, 0) is 36.4 Å². The van der Waals surface area contributed by atoms with Gasteiger partial charge in [-0.3, -0.25) is 4.90 Å². The summed E-state index contributed by atoms with van der Waals surface area (Å²) in [6.07, 6.45) is 0. The van der Waals surface area contributed by atoms with E-state index in [1.165, 1.54) is 28.6 Å². The molecule has 0 N–H and O–H groups in total. The molecule has 1 fully saturated rings. The number of sulfonamides is 1. The zero-order chi connectivity index (χ0) is 19.6. The highest BCUT2D eigenvalue weighted by molar-refractivity contribution is 9.10. The van der Waals surface area contributed by atoms with E-state index >= 15 is 0 Å². The molecule has 3 rings (SSSR count). The Hall–Kier alpha value is -1.50. The predicted octanol–water partition coefficient (Wildman–Crippen LogP) is 3.62. The number of rotatable bonds is 4. The smallest absolute Gasteiger partial charge is 0.244 e. The summed E-state index contributed by atoms with van der Waals surface area (Å²) in [7, 11) is -3.69. The normalized spacial score (nSPS) is 16.2. The second-order valence-electron chi connectivity index (χ2n) is 6.17. The Bertz CT molecular complexity index is 1000. The van der Waals surface area contributed by atoms with Gasteiger partial charge < -0.3 is 0 Å². The molecule has 0 radical (unpaired) electrons. The molecule has 0 aliphatic carbocycles. The van der Waals surface area contributed by atoms with Gasteiger partial charge >= 0.3 is 0 Å². The predicted molar refractivity (Wildman–Crippen MR) is 104 cm³/mol. The van der Waals surface area contributed by atoms with Gasteiger partial charge in [0.2, 0.25) is 10.0 Å². The summed E-state index contributed by atoms with van der Waals surface area (Å²) < 4.78 is 41.7. The van der Waals surface area contributed by atoms with Gasteiger partial charge in [-0.2, -0.15) is 9.57 Å². The highest BCUT2D eigenvalue weighted by Gasteiger charge is 2.30. The van der Waals surface area contributed by atoms with Crippen LogP contribution in [0.3, 0.4) is 0 Å². The number of halogens is 3. The fraction of sp³-hybridized carbons (Fsp3) is 0.278. The average molecular weight is 473 g/mol. The summed E-state index contributed by atoms with van der Waals surface area (Å²) in [5.74, 6) is -0.370. The molecule has 1 aliphatic rings. The molecule has 1 heterocycles. The van der Waals surface area contributed by atoms with Gasteiger partial charge in [-0.25, -0.2) is 12.8 Å². The third-order valence-electron chi connectivity index (χ3n) is 4.41. The van der Waals surface area contributed by atoms with Crippen LogP contribution in [0.25, 0.3) is 0 Å². The molecule has 0 bridgehead atoms. The minimum atomic E-state index is -3.69. The Morgan fingerprint density at radius 1 is 1.15 bits per heavy atom. The van der Waals surface area contributed by atoms with Crippen molar-refractivity contribution in [2.45, 2.75) is 11.4 Å². The average Bonchev–Trinajstić information content (AvgIpc) is 2.63. The number of nitriles is 1. The molecule has 2 aromatic rings. The third kappa shape index (κ3) is 4.50. The van der Waals surface area contributed by atoms with Crippen LogP contribution in [0.1, 0.15) is 11.1 Å². The number of nitrogens with zero attached hydrogens (tertiary/aromatic N) is 3. The van der Waals surface area contributed by atoms with Crippen LogP contribution in [0.5, 0.6) is 0 Å². The Morgan fingerprint density at radius 3 is 2.48 bits per heavy atom. The Labute approximate surface area is 171 Å². The summed E-state index contributed by atoms with van der Waals surface area (Å²) >= 11 is 9.37. The van der Waals surface area contributed by atoms with E-state index in [1.807, 2.05) is 11.0 Å². The van der Waals surface area contributed by atoms with E-state index in [2.05, 4.69) is 15.9 Å². The first-order chi connectivity index (χ1) is 12.8. The summed E-state index contributed by atoms with van der Waals surface area (Å²) in [5.41, 5.74) is 0.832. The molecule has 5 nitrogen and oxygen atoms in total. The van der Waals surface area contributed by atoms with Crippen LogP contribution in [0.15, 0.2) is 45.8 Å². The standard InChI is InChI=1S/C18H16BrClFN3O2S/c19-15-2-4-18(16(20)10-15)27(25,26)24-7-5-23(6-8-24)12-14-9-13(11-22)1-3-17(14)21/h1-4,9-10H,5-8,12H2. The fourth-order valence-electron chi connectivity index (χ4n) is 2.96. The van der Waals surface area contributed by atoms with E-state index in [-0.39, 0.29) is 28.8 Å². The first kappa shape index (κ1) is 20.2. The molecule has 0 spiro atoms. The minimum absolute atomic E-state index is 0.0774. The first-order valence-corrected chi connectivity index (χ1v) is 10.8. The number of benzene rings is 2. The molecular weight excluding hydrogens is 457 g/mol. The molecule has 142 valence electrons. The summed E-state index contributed by atoms with van der Waals surface area (Å²) in [6, 6.07) is 10.9. The van der Waals surface area contributed by atoms with Crippen LogP contribution in [-0.4, -0.2) is 43.8 Å². The lowest BCUT2D eigenvalue weighted by Gasteiger charge is -2.34. The van der Waals surface area contributed by atoms with E-state index in [0.717, 1.165) is 0 Å². The van der Waals surface area contributed by atoms with Crippen LogP contribution < -0.4 is 0 Å². The molecule has 0 aromatic heterocycles. The molecule has 0 saturated carbocycles. The van der Waals surface area contributed by atoms with Crippen LogP contribution >= 0.6 is 27.5 Å². The number of hydrogen-bond acceptors (Lipinski definition) is 4. The van der Waals surface area contributed by atoms with Gasteiger partial charge in [-0.1, -0.05) is 27.5 Å². The van der Waals surface area contributed by atoms with Crippen molar-refractivity contribution in [1.82, 2.24) is 9.21 Å². The third-order valence-corrected chi connectivity index (χ3v) is 7.29.